The predicted octanol–water partition coefficient (Wildman–Crippen LogP) is 4.32. The molecule has 1 aliphatic heterocycles. The Morgan fingerprint density at radius 3 is 2.26 bits per heavy atom. The first-order valence-corrected chi connectivity index (χ1v) is 9.34. The van der Waals surface area contributed by atoms with Gasteiger partial charge in [0.1, 0.15) is 0 Å². The van der Waals surface area contributed by atoms with Crippen LogP contribution in [-0.2, 0) is 0 Å². The largest absolute Gasteiger partial charge is 0.372 e. The molecule has 1 saturated heterocycles. The van der Waals surface area contributed by atoms with Gasteiger partial charge in [0.05, 0.1) is 11.0 Å². The molecule has 0 aromatic heterocycles. The van der Waals surface area contributed by atoms with Crippen LogP contribution in [0.15, 0.2) is 48.5 Å². The van der Waals surface area contributed by atoms with Gasteiger partial charge in [-0.15, -0.1) is 0 Å². The van der Waals surface area contributed by atoms with Gasteiger partial charge >= 0.3 is 0 Å². The van der Waals surface area contributed by atoms with Gasteiger partial charge in [-0.2, -0.15) is 0 Å². The number of benzene rings is 2. The molecule has 2 aromatic rings. The van der Waals surface area contributed by atoms with Crippen LogP contribution in [0.2, 0.25) is 0 Å². The Balaban J connectivity index is 1.61. The molecule has 27 heavy (non-hydrogen) atoms. The minimum Gasteiger partial charge on any atom is -0.372 e. The first-order chi connectivity index (χ1) is 12.9. The highest BCUT2D eigenvalue weighted by Crippen LogP contribution is 2.24. The van der Waals surface area contributed by atoms with E-state index in [4.69, 9.17) is 0 Å². The van der Waals surface area contributed by atoms with Gasteiger partial charge in [-0.1, -0.05) is 19.1 Å². The number of amides is 1. The van der Waals surface area contributed by atoms with E-state index in [1.165, 1.54) is 42.8 Å². The van der Waals surface area contributed by atoms with Gasteiger partial charge in [-0.25, -0.2) is 0 Å². The fourth-order valence-corrected chi connectivity index (χ4v) is 3.34. The fourth-order valence-electron chi connectivity index (χ4n) is 3.34. The van der Waals surface area contributed by atoms with Crippen molar-refractivity contribution in [2.75, 3.05) is 18.0 Å². The molecule has 1 atom stereocenters. The van der Waals surface area contributed by atoms with Gasteiger partial charge in [0.15, 0.2) is 0 Å². The summed E-state index contributed by atoms with van der Waals surface area (Å²) in [6.07, 6.45) is 2.45. The average Bonchev–Trinajstić information content (AvgIpc) is 2.68. The second kappa shape index (κ2) is 8.20. The molecule has 1 fully saturated rings. The lowest BCUT2D eigenvalue weighted by molar-refractivity contribution is -0.384. The Morgan fingerprint density at radius 1 is 1.11 bits per heavy atom. The monoisotopic (exact) mass is 367 g/mol. The van der Waals surface area contributed by atoms with Gasteiger partial charge in [0.2, 0.25) is 0 Å². The van der Waals surface area contributed by atoms with Crippen LogP contribution in [0.3, 0.4) is 0 Å². The number of nitro benzene ring substituents is 1. The number of non-ortho nitro benzene ring substituents is 1. The van der Waals surface area contributed by atoms with Crippen LogP contribution in [-0.4, -0.2) is 23.9 Å². The zero-order valence-electron chi connectivity index (χ0n) is 15.7. The Morgan fingerprint density at radius 2 is 1.70 bits per heavy atom. The number of anilines is 1. The minimum absolute atomic E-state index is 0.0257. The molecule has 0 unspecified atom stereocenters. The van der Waals surface area contributed by atoms with Crippen molar-refractivity contribution in [3.8, 4) is 0 Å². The van der Waals surface area contributed by atoms with Gasteiger partial charge in [0, 0.05) is 36.5 Å². The summed E-state index contributed by atoms with van der Waals surface area (Å²) in [7, 11) is 0. The van der Waals surface area contributed by atoms with Crippen molar-refractivity contribution < 1.29 is 9.72 Å². The molecule has 2 aromatic carbocycles. The zero-order valence-corrected chi connectivity index (χ0v) is 15.7. The molecule has 142 valence electrons. The van der Waals surface area contributed by atoms with Crippen molar-refractivity contribution in [3.05, 3.63) is 69.8 Å². The van der Waals surface area contributed by atoms with Gasteiger partial charge in [-0.3, -0.25) is 14.9 Å². The fraction of sp³-hybridized carbons (Fsp3) is 0.381. The van der Waals surface area contributed by atoms with E-state index in [0.29, 0.717) is 5.56 Å². The van der Waals surface area contributed by atoms with Crippen molar-refractivity contribution in [1.82, 2.24) is 5.32 Å². The molecular weight excluding hydrogens is 342 g/mol. The van der Waals surface area contributed by atoms with Crippen LogP contribution in [0, 0.1) is 16.0 Å². The smallest absolute Gasteiger partial charge is 0.269 e. The molecule has 0 bridgehead atoms. The third kappa shape index (κ3) is 4.64. The summed E-state index contributed by atoms with van der Waals surface area (Å²) in [4.78, 5) is 25.0. The Kier molecular flexibility index (Phi) is 5.74. The Labute approximate surface area is 159 Å². The number of rotatable bonds is 5. The van der Waals surface area contributed by atoms with E-state index in [1.807, 2.05) is 19.1 Å². The van der Waals surface area contributed by atoms with Crippen molar-refractivity contribution in [3.63, 3.8) is 0 Å². The van der Waals surface area contributed by atoms with E-state index < -0.39 is 4.92 Å². The lowest BCUT2D eigenvalue weighted by Gasteiger charge is -2.32. The number of carbonyl (C=O) groups excluding carboxylic acids is 1. The molecule has 6 heteroatoms. The molecule has 3 rings (SSSR count). The second-order valence-electron chi connectivity index (χ2n) is 7.26. The number of nitro groups is 1. The first-order valence-electron chi connectivity index (χ1n) is 9.34. The summed E-state index contributed by atoms with van der Waals surface area (Å²) in [6, 6.07) is 13.8. The molecule has 1 N–H and O–H groups in total. The minimum atomic E-state index is -0.477. The highest BCUT2D eigenvalue weighted by Gasteiger charge is 2.17. The molecule has 0 aliphatic carbocycles. The Bertz CT molecular complexity index is 794. The van der Waals surface area contributed by atoms with Crippen molar-refractivity contribution in [1.29, 1.82) is 0 Å². The average molecular weight is 367 g/mol. The van der Waals surface area contributed by atoms with E-state index in [-0.39, 0.29) is 17.6 Å². The van der Waals surface area contributed by atoms with Crippen molar-refractivity contribution >= 4 is 17.3 Å². The summed E-state index contributed by atoms with van der Waals surface area (Å²) < 4.78 is 0. The zero-order chi connectivity index (χ0) is 19.4. The number of nitrogens with zero attached hydrogens (tertiary/aromatic N) is 2. The summed E-state index contributed by atoms with van der Waals surface area (Å²) in [5.41, 5.74) is 2.63. The van der Waals surface area contributed by atoms with Gasteiger partial charge in [0.25, 0.3) is 11.6 Å². The first kappa shape index (κ1) is 18.9. The van der Waals surface area contributed by atoms with Crippen LogP contribution in [0.25, 0.3) is 0 Å². The number of hydrogen-bond acceptors (Lipinski definition) is 4. The molecular formula is C21H25N3O3. The van der Waals surface area contributed by atoms with Crippen LogP contribution >= 0.6 is 0 Å². The number of carbonyl (C=O) groups is 1. The normalized spacial score (nSPS) is 16.0. The van der Waals surface area contributed by atoms with Gasteiger partial charge in [-0.05, 0) is 55.5 Å². The molecule has 1 amide bonds. The quantitative estimate of drug-likeness (QED) is 0.631. The molecule has 0 radical (unpaired) electrons. The van der Waals surface area contributed by atoms with Crippen molar-refractivity contribution in [2.24, 2.45) is 5.92 Å². The van der Waals surface area contributed by atoms with E-state index in [9.17, 15) is 14.9 Å². The van der Waals surface area contributed by atoms with E-state index >= 15 is 0 Å². The van der Waals surface area contributed by atoms with E-state index in [2.05, 4.69) is 29.3 Å². The lowest BCUT2D eigenvalue weighted by atomic mass is 9.98. The maximum atomic E-state index is 12.4. The van der Waals surface area contributed by atoms with Gasteiger partial charge < -0.3 is 10.2 Å². The number of piperidine rings is 1. The number of hydrogen-bond donors (Lipinski definition) is 1. The highest BCUT2D eigenvalue weighted by atomic mass is 16.6. The van der Waals surface area contributed by atoms with Crippen molar-refractivity contribution in [2.45, 2.75) is 32.7 Å². The van der Waals surface area contributed by atoms with Crippen LogP contribution in [0.4, 0.5) is 11.4 Å². The highest BCUT2D eigenvalue weighted by molar-refractivity contribution is 5.94. The van der Waals surface area contributed by atoms with E-state index in [1.54, 1.807) is 0 Å². The second-order valence-corrected chi connectivity index (χ2v) is 7.26. The third-order valence-electron chi connectivity index (χ3n) is 5.23. The molecule has 1 aliphatic rings. The summed E-state index contributed by atoms with van der Waals surface area (Å²) in [5.74, 6) is 0.557. The third-order valence-corrected chi connectivity index (χ3v) is 5.23. The SMILES string of the molecule is CC1CCN(c2ccc([C@@H](C)NC(=O)c3ccc([N+](=O)[O-])cc3)cc2)CC1. The summed E-state index contributed by atoms with van der Waals surface area (Å²) >= 11 is 0. The summed E-state index contributed by atoms with van der Waals surface area (Å²) in [5, 5.41) is 13.6. The molecule has 1 heterocycles. The Hall–Kier alpha value is -2.89. The van der Waals surface area contributed by atoms with E-state index in [0.717, 1.165) is 24.6 Å². The predicted molar refractivity (Wildman–Crippen MR) is 106 cm³/mol. The standard InChI is InChI=1S/C21H25N3O3/c1-15-11-13-23(14-12-15)19-7-3-17(4-8-19)16(2)22-21(25)18-5-9-20(10-6-18)24(26)27/h3-10,15-16H,11-14H2,1-2H3,(H,22,25)/t16-/m1/s1. The number of nitrogens with one attached hydrogen (secondary N) is 1. The van der Waals surface area contributed by atoms with Crippen LogP contribution in [0.5, 0.6) is 0 Å². The molecule has 0 spiro atoms. The molecule has 0 saturated carbocycles. The summed E-state index contributed by atoms with van der Waals surface area (Å²) in [6.45, 7) is 6.41. The van der Waals surface area contributed by atoms with Crippen LogP contribution < -0.4 is 10.2 Å². The topological polar surface area (TPSA) is 75.5 Å². The molecule has 6 nitrogen and oxygen atoms in total. The lowest BCUT2D eigenvalue weighted by Crippen LogP contribution is -2.32. The maximum Gasteiger partial charge on any atom is 0.269 e. The van der Waals surface area contributed by atoms with Crippen LogP contribution in [0.1, 0.15) is 48.7 Å². The maximum absolute atomic E-state index is 12.4.